The smallest absolute Gasteiger partial charge is 0.230 e. The molecule has 1 saturated heterocycles. The molecule has 0 radical (unpaired) electrons. The molecule has 4 atom stereocenters. The van der Waals surface area contributed by atoms with Crippen molar-refractivity contribution in [3.8, 4) is 0 Å². The number of rotatable bonds is 8. The van der Waals surface area contributed by atoms with Gasteiger partial charge in [0.1, 0.15) is 18.0 Å². The summed E-state index contributed by atoms with van der Waals surface area (Å²) < 4.78 is 2.06. The number of carbonyl (C=O) groups is 2. The highest BCUT2D eigenvalue weighted by Gasteiger charge is 2.53. The molecular formula is C29H27ClN8O2. The fraction of sp³-hybridized carbons (Fsp3) is 0.379. The summed E-state index contributed by atoms with van der Waals surface area (Å²) >= 11 is 6.07. The Morgan fingerprint density at radius 2 is 1.93 bits per heavy atom. The minimum Gasteiger partial charge on any atom is -0.364 e. The predicted molar refractivity (Wildman–Crippen MR) is 149 cm³/mol. The minimum atomic E-state index is -0.154. The van der Waals surface area contributed by atoms with Crippen LogP contribution in [-0.4, -0.2) is 42.7 Å². The van der Waals surface area contributed by atoms with Gasteiger partial charge in [-0.15, -0.1) is 0 Å². The maximum atomic E-state index is 12.9. The molecule has 10 nitrogen and oxygen atoms in total. The first-order chi connectivity index (χ1) is 19.5. The first-order valence-electron chi connectivity index (χ1n) is 13.8. The minimum absolute atomic E-state index is 0.0696. The number of amides is 2. The van der Waals surface area contributed by atoms with E-state index in [1.165, 1.54) is 24.7 Å². The number of hydrogen-bond acceptors (Lipinski definition) is 7. The summed E-state index contributed by atoms with van der Waals surface area (Å²) in [4.78, 5) is 45.4. The Morgan fingerprint density at radius 1 is 1.05 bits per heavy atom. The Labute approximate surface area is 235 Å². The molecule has 5 heterocycles. The molecule has 11 heteroatoms. The summed E-state index contributed by atoms with van der Waals surface area (Å²) in [7, 11) is 0. The van der Waals surface area contributed by atoms with Crippen LogP contribution in [0.1, 0.15) is 54.5 Å². The van der Waals surface area contributed by atoms with Crippen LogP contribution in [0.15, 0.2) is 49.2 Å². The van der Waals surface area contributed by atoms with Gasteiger partial charge >= 0.3 is 0 Å². The number of halogens is 1. The molecule has 4 aliphatic rings. The van der Waals surface area contributed by atoms with Crippen LogP contribution in [0.2, 0.25) is 5.02 Å². The zero-order valence-electron chi connectivity index (χ0n) is 21.6. The fourth-order valence-corrected chi connectivity index (χ4v) is 6.10. The van der Waals surface area contributed by atoms with Crippen LogP contribution < -0.4 is 15.5 Å². The maximum Gasteiger partial charge on any atom is 0.230 e. The maximum absolute atomic E-state index is 12.9. The SMILES string of the molecule is O=C(Nc1cc(NCc2cn3cc(C4CC4)cc(N4CC5CC5C4=O)c3n2)ncn1)[C@H]1CC1c1cc(Cl)ccn1. The van der Waals surface area contributed by atoms with Crippen LogP contribution in [-0.2, 0) is 16.1 Å². The van der Waals surface area contributed by atoms with E-state index < -0.39 is 0 Å². The predicted octanol–water partition coefficient (Wildman–Crippen LogP) is 4.39. The Bertz CT molecular complexity index is 1680. The van der Waals surface area contributed by atoms with Crippen LogP contribution in [0.25, 0.3) is 5.65 Å². The third-order valence-corrected chi connectivity index (χ3v) is 8.72. The van der Waals surface area contributed by atoms with Crippen molar-refractivity contribution >= 4 is 46.4 Å². The lowest BCUT2D eigenvalue weighted by molar-refractivity contribution is -0.119. The van der Waals surface area contributed by atoms with Gasteiger partial charge in [-0.1, -0.05) is 11.6 Å². The van der Waals surface area contributed by atoms with E-state index in [1.807, 2.05) is 17.2 Å². The molecule has 202 valence electrons. The van der Waals surface area contributed by atoms with Gasteiger partial charge in [0, 0.05) is 59.7 Å². The first kappa shape index (κ1) is 23.8. The average Bonchev–Trinajstić information content (AvgIpc) is 3.85. The quantitative estimate of drug-likeness (QED) is 0.332. The van der Waals surface area contributed by atoms with Gasteiger partial charge in [0.2, 0.25) is 11.8 Å². The van der Waals surface area contributed by atoms with E-state index in [2.05, 4.69) is 42.2 Å². The molecule has 0 bridgehead atoms. The summed E-state index contributed by atoms with van der Waals surface area (Å²) in [5.74, 6) is 2.35. The summed E-state index contributed by atoms with van der Waals surface area (Å²) in [5.41, 5.74) is 4.67. The normalized spacial score (nSPS) is 24.7. The zero-order valence-corrected chi connectivity index (χ0v) is 22.4. The average molecular weight is 555 g/mol. The molecule has 3 aliphatic carbocycles. The third-order valence-electron chi connectivity index (χ3n) is 8.48. The molecule has 3 saturated carbocycles. The molecule has 40 heavy (non-hydrogen) atoms. The molecule has 4 aromatic heterocycles. The molecule has 4 fully saturated rings. The molecule has 8 rings (SSSR count). The molecule has 3 unspecified atom stereocenters. The van der Waals surface area contributed by atoms with E-state index in [0.717, 1.165) is 42.1 Å². The number of fused-ring (bicyclic) bond motifs is 2. The number of aromatic nitrogens is 5. The Kier molecular flexibility index (Phi) is 5.35. The van der Waals surface area contributed by atoms with Crippen molar-refractivity contribution in [2.24, 2.45) is 17.8 Å². The van der Waals surface area contributed by atoms with Gasteiger partial charge in [-0.25, -0.2) is 15.0 Å². The lowest BCUT2D eigenvalue weighted by atomic mass is 10.1. The number of carbonyl (C=O) groups excluding carboxylic acids is 2. The number of pyridine rings is 2. The van der Waals surface area contributed by atoms with Gasteiger partial charge in [0.15, 0.2) is 5.65 Å². The number of hydrogen-bond donors (Lipinski definition) is 2. The summed E-state index contributed by atoms with van der Waals surface area (Å²) in [5, 5.41) is 6.82. The zero-order chi connectivity index (χ0) is 27.0. The van der Waals surface area contributed by atoms with E-state index in [0.29, 0.717) is 35.0 Å². The molecule has 0 aromatic carbocycles. The highest BCUT2D eigenvalue weighted by atomic mass is 35.5. The summed E-state index contributed by atoms with van der Waals surface area (Å²) in [6.45, 7) is 1.23. The standard InChI is InChI=1S/C29H27ClN8O2/c30-18-3-4-31-23(7-18)21-8-22(21)28(39)36-26-9-25(33-14-34-26)32-10-19-13-37-11-16(15-1-2-15)6-24(27(37)35-19)38-12-17-5-20(17)29(38)40/h3-4,6-7,9,11,13-15,17,20-22H,1-2,5,8,10,12H2,(H2,32,33,34,36,39)/t17?,20?,21?,22-/m0/s1. The van der Waals surface area contributed by atoms with E-state index in [1.54, 1.807) is 18.3 Å². The molecular weight excluding hydrogens is 528 g/mol. The molecule has 0 spiro atoms. The van der Waals surface area contributed by atoms with Crippen LogP contribution in [0, 0.1) is 17.8 Å². The van der Waals surface area contributed by atoms with Crippen LogP contribution in [0.4, 0.5) is 17.3 Å². The van der Waals surface area contributed by atoms with Gasteiger partial charge in [0.25, 0.3) is 0 Å². The molecule has 1 aliphatic heterocycles. The monoisotopic (exact) mass is 554 g/mol. The Hall–Kier alpha value is -4.05. The number of piperidine rings is 1. The van der Waals surface area contributed by atoms with Gasteiger partial charge in [-0.3, -0.25) is 14.6 Å². The highest BCUT2D eigenvalue weighted by Crippen LogP contribution is 2.49. The van der Waals surface area contributed by atoms with Crippen molar-refractivity contribution in [1.29, 1.82) is 0 Å². The second-order valence-corrected chi connectivity index (χ2v) is 11.9. The van der Waals surface area contributed by atoms with E-state index in [-0.39, 0.29) is 29.6 Å². The molecule has 4 aromatic rings. The van der Waals surface area contributed by atoms with Crippen molar-refractivity contribution in [2.75, 3.05) is 22.1 Å². The second kappa shape index (κ2) is 8.99. The van der Waals surface area contributed by atoms with Gasteiger partial charge in [0.05, 0.1) is 17.9 Å². The number of anilines is 3. The Balaban J connectivity index is 0.962. The third kappa shape index (κ3) is 4.36. The largest absolute Gasteiger partial charge is 0.364 e. The first-order valence-corrected chi connectivity index (χ1v) is 14.2. The van der Waals surface area contributed by atoms with Crippen molar-refractivity contribution in [3.63, 3.8) is 0 Å². The summed E-state index contributed by atoms with van der Waals surface area (Å²) in [6.07, 6.45) is 11.4. The lowest BCUT2D eigenvalue weighted by Gasteiger charge is -2.20. The van der Waals surface area contributed by atoms with E-state index in [4.69, 9.17) is 16.6 Å². The number of imidazole rings is 1. The van der Waals surface area contributed by atoms with Gasteiger partial charge < -0.3 is 19.9 Å². The number of nitrogens with zero attached hydrogens (tertiary/aromatic N) is 6. The van der Waals surface area contributed by atoms with Gasteiger partial charge in [-0.05, 0) is 61.3 Å². The second-order valence-electron chi connectivity index (χ2n) is 11.4. The molecule has 2 N–H and O–H groups in total. The topological polar surface area (TPSA) is 117 Å². The van der Waals surface area contributed by atoms with Crippen LogP contribution in [0.5, 0.6) is 0 Å². The van der Waals surface area contributed by atoms with Crippen molar-refractivity contribution in [2.45, 2.75) is 44.1 Å². The van der Waals surface area contributed by atoms with Crippen LogP contribution >= 0.6 is 11.6 Å². The lowest BCUT2D eigenvalue weighted by Crippen LogP contribution is -2.28. The number of nitrogens with one attached hydrogen (secondary N) is 2. The van der Waals surface area contributed by atoms with E-state index >= 15 is 0 Å². The van der Waals surface area contributed by atoms with Crippen LogP contribution in [0.3, 0.4) is 0 Å². The van der Waals surface area contributed by atoms with E-state index in [9.17, 15) is 9.59 Å². The van der Waals surface area contributed by atoms with Crippen molar-refractivity contribution in [3.05, 3.63) is 71.2 Å². The van der Waals surface area contributed by atoms with Crippen molar-refractivity contribution < 1.29 is 9.59 Å². The summed E-state index contributed by atoms with van der Waals surface area (Å²) in [6, 6.07) is 7.43. The van der Waals surface area contributed by atoms with Gasteiger partial charge in [-0.2, -0.15) is 0 Å². The highest BCUT2D eigenvalue weighted by molar-refractivity contribution is 6.30. The van der Waals surface area contributed by atoms with Crippen molar-refractivity contribution in [1.82, 2.24) is 24.3 Å². The Morgan fingerprint density at radius 3 is 2.73 bits per heavy atom. The fourth-order valence-electron chi connectivity index (χ4n) is 5.93. The molecule has 2 amide bonds.